The molecule has 0 aromatic heterocycles. The molecule has 2 heterocycles. The van der Waals surface area contributed by atoms with Gasteiger partial charge in [-0.25, -0.2) is 14.6 Å². The molecule has 1 saturated carbocycles. The second kappa shape index (κ2) is 12.6. The molecule has 1 aliphatic carbocycles. The molecule has 232 valence electrons. The number of carboxylic acid groups (broad SMARTS) is 1. The fraction of sp³-hybridized carbons (Fsp3) is 0.621. The van der Waals surface area contributed by atoms with Crippen LogP contribution in [0.1, 0.15) is 63.1 Å². The maximum absolute atomic E-state index is 14.3. The third-order valence-electron chi connectivity index (χ3n) is 8.95. The summed E-state index contributed by atoms with van der Waals surface area (Å²) in [5.74, 6) is 3.91. The fourth-order valence-electron chi connectivity index (χ4n) is 6.65. The molecule has 2 fully saturated rings. The Bertz CT molecular complexity index is 1250. The molecule has 13 heteroatoms. The Morgan fingerprint density at radius 1 is 1.31 bits per heavy atom. The summed E-state index contributed by atoms with van der Waals surface area (Å²) in [7, 11) is 1.25. The predicted molar refractivity (Wildman–Crippen MR) is 152 cm³/mol. The number of nitrogens with two attached hydrogens (primary N) is 2. The molecule has 4 rings (SSSR count). The molecule has 1 aromatic carbocycles. The van der Waals surface area contributed by atoms with Crippen molar-refractivity contribution >= 4 is 29.4 Å². The summed E-state index contributed by atoms with van der Waals surface area (Å²) in [5.41, 5.74) is 5.19. The Hall–Kier alpha value is -3.12. The largest absolute Gasteiger partial charge is 0.487 e. The van der Waals surface area contributed by atoms with Gasteiger partial charge >= 0.3 is 5.97 Å². The number of ether oxygens (including phenoxy) is 1. The molecule has 2 aliphatic heterocycles. The Labute approximate surface area is 249 Å². The molecule has 1 saturated heterocycles. The highest BCUT2D eigenvalue weighted by molar-refractivity contribution is 6.31. The first-order valence-electron chi connectivity index (χ1n) is 14.3. The van der Waals surface area contributed by atoms with Crippen LogP contribution < -0.4 is 16.3 Å². The summed E-state index contributed by atoms with van der Waals surface area (Å²) in [6.45, 7) is 4.15. The number of carboxylic acids is 1. The van der Waals surface area contributed by atoms with E-state index < -0.39 is 42.1 Å². The molecule has 2 amide bonds. The van der Waals surface area contributed by atoms with Crippen LogP contribution in [0.5, 0.6) is 5.75 Å². The van der Waals surface area contributed by atoms with Gasteiger partial charge in [-0.3, -0.25) is 14.4 Å². The van der Waals surface area contributed by atoms with Gasteiger partial charge in [0.25, 0.3) is 6.43 Å². The van der Waals surface area contributed by atoms with E-state index in [9.17, 15) is 28.3 Å². The number of amides is 2. The lowest BCUT2D eigenvalue weighted by Crippen LogP contribution is -2.52. The number of benzene rings is 1. The number of hydrogen-bond acceptors (Lipinski definition) is 7. The summed E-state index contributed by atoms with van der Waals surface area (Å²) in [6, 6.07) is 2.54. The van der Waals surface area contributed by atoms with E-state index in [1.54, 1.807) is 28.9 Å². The smallest absolute Gasteiger partial charge is 0.310 e. The van der Waals surface area contributed by atoms with Crippen molar-refractivity contribution in [3.05, 3.63) is 39.7 Å². The summed E-state index contributed by atoms with van der Waals surface area (Å²) < 4.78 is 33.2. The van der Waals surface area contributed by atoms with Crippen molar-refractivity contribution in [2.24, 2.45) is 28.8 Å². The first kappa shape index (κ1) is 31.8. The number of allylic oxidation sites excluding steroid dienone is 1. The van der Waals surface area contributed by atoms with Gasteiger partial charge in [0.05, 0.1) is 23.1 Å². The number of halogens is 3. The molecule has 10 nitrogen and oxygen atoms in total. The number of nitrogens with zero attached hydrogens (tertiary/aromatic N) is 3. The summed E-state index contributed by atoms with van der Waals surface area (Å²) in [6.07, 6.45) is 0.129. The molecule has 0 unspecified atom stereocenters. The highest BCUT2D eigenvalue weighted by Crippen LogP contribution is 2.46. The summed E-state index contributed by atoms with van der Waals surface area (Å²) in [5, 5.41) is 11.3. The average molecular weight is 612 g/mol. The number of fused-ring (bicyclic) bond motifs is 1. The van der Waals surface area contributed by atoms with Crippen LogP contribution in [0.4, 0.5) is 8.78 Å². The Balaban J connectivity index is 1.77. The van der Waals surface area contributed by atoms with Gasteiger partial charge in [0.1, 0.15) is 18.1 Å². The minimum atomic E-state index is -2.93. The molecule has 0 radical (unpaired) electrons. The monoisotopic (exact) mass is 611 g/mol. The number of alkyl halides is 2. The van der Waals surface area contributed by atoms with E-state index in [1.165, 1.54) is 7.05 Å². The van der Waals surface area contributed by atoms with Crippen LogP contribution in [-0.4, -0.2) is 77.4 Å². The van der Waals surface area contributed by atoms with Crippen LogP contribution in [0.25, 0.3) is 0 Å². The van der Waals surface area contributed by atoms with Crippen LogP contribution in [0.15, 0.2) is 23.5 Å². The van der Waals surface area contributed by atoms with Crippen LogP contribution in [0.3, 0.4) is 0 Å². The van der Waals surface area contributed by atoms with E-state index in [2.05, 4.69) is 0 Å². The number of carbonyl (C=O) groups is 3. The molecule has 0 bridgehead atoms. The second-order valence-corrected chi connectivity index (χ2v) is 12.4. The quantitative estimate of drug-likeness (QED) is 0.284. The topological polar surface area (TPSA) is 142 Å². The zero-order chi connectivity index (χ0) is 30.9. The fourth-order valence-corrected chi connectivity index (χ4v) is 6.91. The van der Waals surface area contributed by atoms with E-state index in [4.69, 9.17) is 27.9 Å². The van der Waals surface area contributed by atoms with Gasteiger partial charge in [0, 0.05) is 43.7 Å². The Morgan fingerprint density at radius 3 is 2.62 bits per heavy atom. The van der Waals surface area contributed by atoms with Gasteiger partial charge in [-0.2, -0.15) is 0 Å². The van der Waals surface area contributed by atoms with Gasteiger partial charge in [0.2, 0.25) is 11.8 Å². The van der Waals surface area contributed by atoms with Crippen molar-refractivity contribution in [1.29, 1.82) is 0 Å². The number of rotatable bonds is 9. The Kier molecular flexibility index (Phi) is 9.56. The molecule has 0 spiro atoms. The Morgan fingerprint density at radius 2 is 2.02 bits per heavy atom. The van der Waals surface area contributed by atoms with Gasteiger partial charge in [0.15, 0.2) is 0 Å². The number of aliphatic carboxylic acids is 1. The molecule has 1 aromatic rings. The highest BCUT2D eigenvalue weighted by atomic mass is 35.5. The maximum Gasteiger partial charge on any atom is 0.310 e. The number of carbonyl (C=O) groups excluding carboxylic acids is 2. The minimum absolute atomic E-state index is 0.0423. The second-order valence-electron chi connectivity index (χ2n) is 12.0. The summed E-state index contributed by atoms with van der Waals surface area (Å²) >= 11 is 6.63. The van der Waals surface area contributed by atoms with Crippen molar-refractivity contribution in [2.45, 2.75) is 64.8 Å². The zero-order valence-electron chi connectivity index (χ0n) is 24.2. The average Bonchev–Trinajstić information content (AvgIpc) is 3.23. The van der Waals surface area contributed by atoms with Crippen molar-refractivity contribution in [1.82, 2.24) is 14.8 Å². The van der Waals surface area contributed by atoms with Gasteiger partial charge in [-0.15, -0.1) is 0 Å². The molecular weight excluding hydrogens is 572 g/mol. The third-order valence-corrected chi connectivity index (χ3v) is 9.30. The summed E-state index contributed by atoms with van der Waals surface area (Å²) in [4.78, 5) is 42.9. The molecule has 5 N–H and O–H groups in total. The minimum Gasteiger partial charge on any atom is -0.487 e. The molecule has 3 aliphatic rings. The lowest BCUT2D eigenvalue weighted by atomic mass is 9.66. The van der Waals surface area contributed by atoms with E-state index in [0.29, 0.717) is 42.8 Å². The van der Waals surface area contributed by atoms with Crippen molar-refractivity contribution in [2.75, 3.05) is 33.3 Å². The van der Waals surface area contributed by atoms with Crippen LogP contribution in [0, 0.1) is 17.3 Å². The van der Waals surface area contributed by atoms with Gasteiger partial charge < -0.3 is 30.4 Å². The molecular formula is C29H40ClF2N5O5. The van der Waals surface area contributed by atoms with E-state index >= 15 is 0 Å². The molecule has 4 atom stereocenters. The third kappa shape index (κ3) is 6.15. The van der Waals surface area contributed by atoms with E-state index in [-0.39, 0.29) is 42.3 Å². The number of likely N-dealkylation sites (tertiary alicyclic amines) is 1. The van der Waals surface area contributed by atoms with Crippen LogP contribution in [0.2, 0.25) is 5.02 Å². The van der Waals surface area contributed by atoms with Gasteiger partial charge in [-0.1, -0.05) is 31.4 Å². The standard InChI is InChI=1S/C29H40ClF2N5O5/c1-16-12-23(38)36(13-16)14-21-24-17(9-11-37(21)27(39)18-6-4-5-10-29(18,2)28(40)41)19(30)7-8-22(24)42-15-20(33)25(26(31)32)35(3)34/h7-8,16,18,21,26H,4-6,9-15,33-34H2,1-3H3,(H,40,41)/b25-20-/t16-,18+,21-,29+/m1/s1. The number of hydrazine groups is 1. The van der Waals surface area contributed by atoms with Crippen molar-refractivity contribution in [3.8, 4) is 5.75 Å². The van der Waals surface area contributed by atoms with Crippen LogP contribution >= 0.6 is 11.6 Å². The lowest BCUT2D eigenvalue weighted by Gasteiger charge is -2.45. The van der Waals surface area contributed by atoms with Crippen LogP contribution in [-0.2, 0) is 20.8 Å². The van der Waals surface area contributed by atoms with E-state index in [1.807, 2.05) is 6.92 Å². The normalized spacial score (nSPS) is 26.7. The first-order valence-corrected chi connectivity index (χ1v) is 14.6. The lowest BCUT2D eigenvalue weighted by molar-refractivity contribution is -0.162. The molecule has 42 heavy (non-hydrogen) atoms. The SMILES string of the molecule is C[C@@H]1CC(=O)N(C[C@@H]2c3c(OC/C(N)=C(\C(F)F)N(C)N)ccc(Cl)c3CCN2C(=O)[C@@H]2CCCC[C@]2(C)C(=O)O)C1. The van der Waals surface area contributed by atoms with E-state index in [0.717, 1.165) is 23.4 Å². The van der Waals surface area contributed by atoms with Crippen molar-refractivity contribution < 1.29 is 33.0 Å². The zero-order valence-corrected chi connectivity index (χ0v) is 25.0. The number of hydrogen-bond donors (Lipinski definition) is 3. The predicted octanol–water partition coefficient (Wildman–Crippen LogP) is 3.54. The van der Waals surface area contributed by atoms with Crippen molar-refractivity contribution in [3.63, 3.8) is 0 Å². The highest BCUT2D eigenvalue weighted by Gasteiger charge is 2.50. The van der Waals surface area contributed by atoms with Gasteiger partial charge in [-0.05, 0) is 49.8 Å². The maximum atomic E-state index is 14.3. The first-order chi connectivity index (χ1) is 19.8.